The van der Waals surface area contributed by atoms with Gasteiger partial charge in [0.25, 0.3) is 0 Å². The lowest BCUT2D eigenvalue weighted by molar-refractivity contribution is -0.119. The number of anilines is 2. The SMILES string of the molecule is COCCNC(=O)CN(C)c1cccc(C#N)c1N. The van der Waals surface area contributed by atoms with Gasteiger partial charge in [-0.05, 0) is 12.1 Å². The fourth-order valence-corrected chi connectivity index (χ4v) is 1.63. The molecule has 1 rings (SSSR count). The Hall–Kier alpha value is -2.26. The molecule has 0 aromatic heterocycles. The second kappa shape index (κ2) is 7.24. The van der Waals surface area contributed by atoms with Crippen LogP contribution in [-0.2, 0) is 9.53 Å². The van der Waals surface area contributed by atoms with E-state index in [4.69, 9.17) is 15.7 Å². The maximum absolute atomic E-state index is 11.7. The van der Waals surface area contributed by atoms with Crippen LogP contribution >= 0.6 is 0 Å². The van der Waals surface area contributed by atoms with Crippen LogP contribution in [0.15, 0.2) is 18.2 Å². The van der Waals surface area contributed by atoms with Crippen molar-refractivity contribution < 1.29 is 9.53 Å². The Balaban J connectivity index is 2.66. The first kappa shape index (κ1) is 14.8. The molecule has 19 heavy (non-hydrogen) atoms. The number of ether oxygens (including phenoxy) is 1. The van der Waals surface area contributed by atoms with Crippen LogP contribution in [0.4, 0.5) is 11.4 Å². The number of nitrogens with two attached hydrogens (primary N) is 1. The molecule has 0 heterocycles. The summed E-state index contributed by atoms with van der Waals surface area (Å²) in [5.41, 5.74) is 7.34. The zero-order chi connectivity index (χ0) is 14.3. The number of benzene rings is 1. The fraction of sp³-hybridized carbons (Fsp3) is 0.385. The molecule has 0 bridgehead atoms. The van der Waals surface area contributed by atoms with Crippen molar-refractivity contribution in [2.24, 2.45) is 0 Å². The van der Waals surface area contributed by atoms with Crippen molar-refractivity contribution in [2.75, 3.05) is 44.5 Å². The van der Waals surface area contributed by atoms with Gasteiger partial charge < -0.3 is 20.7 Å². The van der Waals surface area contributed by atoms with E-state index in [2.05, 4.69) is 5.32 Å². The number of carbonyl (C=O) groups excluding carboxylic acids is 1. The molecular weight excluding hydrogens is 244 g/mol. The van der Waals surface area contributed by atoms with Crippen molar-refractivity contribution in [3.63, 3.8) is 0 Å². The number of carbonyl (C=O) groups is 1. The van der Waals surface area contributed by atoms with E-state index >= 15 is 0 Å². The van der Waals surface area contributed by atoms with Crippen molar-refractivity contribution in [1.29, 1.82) is 5.26 Å². The molecule has 0 saturated heterocycles. The third-order valence-electron chi connectivity index (χ3n) is 2.62. The summed E-state index contributed by atoms with van der Waals surface area (Å²) in [6, 6.07) is 7.18. The van der Waals surface area contributed by atoms with Gasteiger partial charge in [-0.2, -0.15) is 5.26 Å². The van der Waals surface area contributed by atoms with E-state index in [1.165, 1.54) is 0 Å². The number of nitrogen functional groups attached to an aromatic ring is 1. The highest BCUT2D eigenvalue weighted by molar-refractivity contribution is 5.83. The molecule has 0 saturated carbocycles. The number of para-hydroxylation sites is 1. The molecule has 6 heteroatoms. The van der Waals surface area contributed by atoms with Crippen LogP contribution in [0.3, 0.4) is 0 Å². The van der Waals surface area contributed by atoms with Gasteiger partial charge in [-0.3, -0.25) is 4.79 Å². The molecule has 1 aromatic carbocycles. The van der Waals surface area contributed by atoms with E-state index in [-0.39, 0.29) is 12.5 Å². The highest BCUT2D eigenvalue weighted by Crippen LogP contribution is 2.24. The van der Waals surface area contributed by atoms with Crippen molar-refractivity contribution in [3.05, 3.63) is 23.8 Å². The summed E-state index contributed by atoms with van der Waals surface area (Å²) in [7, 11) is 3.33. The molecule has 0 fully saturated rings. The van der Waals surface area contributed by atoms with Crippen LogP contribution in [0.1, 0.15) is 5.56 Å². The third kappa shape index (κ3) is 4.16. The first-order valence-corrected chi connectivity index (χ1v) is 5.85. The number of methoxy groups -OCH3 is 1. The normalized spacial score (nSPS) is 9.74. The van der Waals surface area contributed by atoms with Gasteiger partial charge in [0.1, 0.15) is 6.07 Å². The smallest absolute Gasteiger partial charge is 0.239 e. The zero-order valence-corrected chi connectivity index (χ0v) is 11.1. The molecule has 0 aliphatic carbocycles. The summed E-state index contributed by atoms with van der Waals surface area (Å²) in [6.07, 6.45) is 0. The number of hydrogen-bond donors (Lipinski definition) is 2. The topological polar surface area (TPSA) is 91.4 Å². The van der Waals surface area contributed by atoms with Crippen LogP contribution in [0.5, 0.6) is 0 Å². The van der Waals surface area contributed by atoms with Gasteiger partial charge in [0, 0.05) is 20.7 Å². The van der Waals surface area contributed by atoms with Crippen LogP contribution in [0, 0.1) is 11.3 Å². The first-order chi connectivity index (χ1) is 9.10. The Morgan fingerprint density at radius 2 is 2.32 bits per heavy atom. The maximum Gasteiger partial charge on any atom is 0.239 e. The lowest BCUT2D eigenvalue weighted by atomic mass is 10.1. The van der Waals surface area contributed by atoms with E-state index < -0.39 is 0 Å². The quantitative estimate of drug-likeness (QED) is 0.570. The highest BCUT2D eigenvalue weighted by Gasteiger charge is 2.11. The Morgan fingerprint density at radius 1 is 1.58 bits per heavy atom. The predicted octanol–water partition coefficient (Wildman–Crippen LogP) is 0.339. The second-order valence-corrected chi connectivity index (χ2v) is 4.05. The minimum absolute atomic E-state index is 0.124. The second-order valence-electron chi connectivity index (χ2n) is 4.05. The van der Waals surface area contributed by atoms with Gasteiger partial charge in [-0.25, -0.2) is 0 Å². The van der Waals surface area contributed by atoms with Crippen molar-refractivity contribution in [3.8, 4) is 6.07 Å². The standard InChI is InChI=1S/C13H18N4O2/c1-17(9-12(18)16-6-7-19-2)11-5-3-4-10(8-14)13(11)15/h3-5H,6-7,9,15H2,1-2H3,(H,16,18). The molecule has 0 atom stereocenters. The number of likely N-dealkylation sites (N-methyl/N-ethyl adjacent to an activating group) is 1. The summed E-state index contributed by atoms with van der Waals surface area (Å²) in [5.74, 6) is -0.124. The number of rotatable bonds is 6. The van der Waals surface area contributed by atoms with Crippen molar-refractivity contribution >= 4 is 17.3 Å². The summed E-state index contributed by atoms with van der Waals surface area (Å²) in [6.45, 7) is 1.11. The lowest BCUT2D eigenvalue weighted by Crippen LogP contribution is -2.36. The Kier molecular flexibility index (Phi) is 5.64. The van der Waals surface area contributed by atoms with Gasteiger partial charge in [0.05, 0.1) is 30.1 Å². The van der Waals surface area contributed by atoms with Crippen molar-refractivity contribution in [1.82, 2.24) is 5.32 Å². The van der Waals surface area contributed by atoms with Gasteiger partial charge in [0.2, 0.25) is 5.91 Å². The monoisotopic (exact) mass is 262 g/mol. The van der Waals surface area contributed by atoms with Crippen LogP contribution < -0.4 is 16.0 Å². The predicted molar refractivity (Wildman–Crippen MR) is 73.7 cm³/mol. The van der Waals surface area contributed by atoms with Gasteiger partial charge in [0.15, 0.2) is 0 Å². The van der Waals surface area contributed by atoms with Gasteiger partial charge in [-0.1, -0.05) is 6.07 Å². The Morgan fingerprint density at radius 3 is 2.95 bits per heavy atom. The lowest BCUT2D eigenvalue weighted by Gasteiger charge is -2.20. The van der Waals surface area contributed by atoms with E-state index in [0.29, 0.717) is 30.1 Å². The van der Waals surface area contributed by atoms with E-state index in [9.17, 15) is 4.79 Å². The summed E-state index contributed by atoms with van der Waals surface area (Å²) in [5, 5.41) is 11.6. The first-order valence-electron chi connectivity index (χ1n) is 5.85. The number of hydrogen-bond acceptors (Lipinski definition) is 5. The summed E-state index contributed by atoms with van der Waals surface area (Å²) < 4.78 is 4.85. The number of nitrogens with zero attached hydrogens (tertiary/aromatic N) is 2. The van der Waals surface area contributed by atoms with Gasteiger partial charge in [-0.15, -0.1) is 0 Å². The molecule has 0 radical (unpaired) electrons. The number of nitrogens with one attached hydrogen (secondary N) is 1. The fourth-order valence-electron chi connectivity index (χ4n) is 1.63. The summed E-state index contributed by atoms with van der Waals surface area (Å²) >= 11 is 0. The van der Waals surface area contributed by atoms with E-state index in [0.717, 1.165) is 0 Å². The maximum atomic E-state index is 11.7. The minimum atomic E-state index is -0.124. The average molecular weight is 262 g/mol. The summed E-state index contributed by atoms with van der Waals surface area (Å²) in [4.78, 5) is 13.4. The molecule has 6 nitrogen and oxygen atoms in total. The van der Waals surface area contributed by atoms with Crippen molar-refractivity contribution in [2.45, 2.75) is 0 Å². The zero-order valence-electron chi connectivity index (χ0n) is 11.1. The Labute approximate surface area is 112 Å². The highest BCUT2D eigenvalue weighted by atomic mass is 16.5. The molecule has 3 N–H and O–H groups in total. The molecular formula is C13H18N4O2. The average Bonchev–Trinajstić information content (AvgIpc) is 2.39. The third-order valence-corrected chi connectivity index (χ3v) is 2.62. The Bertz CT molecular complexity index is 482. The molecule has 0 unspecified atom stereocenters. The van der Waals surface area contributed by atoms with E-state index in [1.807, 2.05) is 6.07 Å². The van der Waals surface area contributed by atoms with Crippen LogP contribution in [-0.4, -0.2) is 39.8 Å². The molecule has 0 aliphatic rings. The molecule has 0 aliphatic heterocycles. The number of amides is 1. The molecule has 1 amide bonds. The number of nitriles is 1. The van der Waals surface area contributed by atoms with E-state index in [1.54, 1.807) is 37.3 Å². The largest absolute Gasteiger partial charge is 0.396 e. The molecule has 102 valence electrons. The minimum Gasteiger partial charge on any atom is -0.396 e. The van der Waals surface area contributed by atoms with Crippen LogP contribution in [0.25, 0.3) is 0 Å². The molecule has 1 aromatic rings. The molecule has 0 spiro atoms. The van der Waals surface area contributed by atoms with Crippen LogP contribution in [0.2, 0.25) is 0 Å². The van der Waals surface area contributed by atoms with Gasteiger partial charge >= 0.3 is 0 Å².